The van der Waals surface area contributed by atoms with Gasteiger partial charge in [0.05, 0.1) is 5.69 Å². The summed E-state index contributed by atoms with van der Waals surface area (Å²) in [6, 6.07) is 32.9. The summed E-state index contributed by atoms with van der Waals surface area (Å²) in [6.07, 6.45) is 0.204. The molecule has 3 heterocycles. The van der Waals surface area contributed by atoms with Crippen molar-refractivity contribution in [3.63, 3.8) is 0 Å². The number of aromatic amines is 1. The number of H-pyrrole nitrogens is 1. The fourth-order valence-electron chi connectivity index (χ4n) is 5.79. The third-order valence-corrected chi connectivity index (χ3v) is 7.26. The van der Waals surface area contributed by atoms with E-state index in [0.29, 0.717) is 12.3 Å². The fraction of sp³-hybridized carbons (Fsp3) is 0.138. The van der Waals surface area contributed by atoms with Crippen LogP contribution in [-0.4, -0.2) is 28.4 Å². The van der Waals surface area contributed by atoms with E-state index in [1.165, 1.54) is 10.9 Å². The van der Waals surface area contributed by atoms with Crippen LogP contribution in [0.25, 0.3) is 21.7 Å². The molecule has 7 rings (SSSR count). The van der Waals surface area contributed by atoms with Gasteiger partial charge in [0.2, 0.25) is 6.10 Å². The number of hydrogen-bond acceptors (Lipinski definition) is 2. The molecule has 5 aromatic rings. The SMILES string of the molecule is O=C1[C@@H](Oc2ccc3ccccc3c2)[C@]2(c3ccccc3)c3[nH]c4ccccc4c3CCN12. The van der Waals surface area contributed by atoms with Gasteiger partial charge in [-0.3, -0.25) is 4.79 Å². The zero-order chi connectivity index (χ0) is 22.0. The molecule has 33 heavy (non-hydrogen) atoms. The van der Waals surface area contributed by atoms with Crippen LogP contribution in [0.3, 0.4) is 0 Å². The van der Waals surface area contributed by atoms with Crippen molar-refractivity contribution in [1.29, 1.82) is 0 Å². The molecule has 4 heteroatoms. The van der Waals surface area contributed by atoms with Gasteiger partial charge >= 0.3 is 0 Å². The van der Waals surface area contributed by atoms with Gasteiger partial charge in [0, 0.05) is 17.4 Å². The summed E-state index contributed by atoms with van der Waals surface area (Å²) in [4.78, 5) is 19.1. The molecular formula is C29H22N2O2. The molecule has 2 aliphatic heterocycles. The van der Waals surface area contributed by atoms with Gasteiger partial charge in [-0.05, 0) is 46.5 Å². The number of amides is 1. The van der Waals surface area contributed by atoms with Crippen molar-refractivity contribution >= 4 is 27.6 Å². The largest absolute Gasteiger partial charge is 0.477 e. The summed E-state index contributed by atoms with van der Waals surface area (Å²) in [5, 5.41) is 3.48. The third-order valence-electron chi connectivity index (χ3n) is 7.26. The molecule has 1 aromatic heterocycles. The first-order valence-electron chi connectivity index (χ1n) is 11.4. The van der Waals surface area contributed by atoms with Crippen LogP contribution in [-0.2, 0) is 16.8 Å². The van der Waals surface area contributed by atoms with Crippen molar-refractivity contribution in [2.45, 2.75) is 18.1 Å². The molecular weight excluding hydrogens is 408 g/mol. The van der Waals surface area contributed by atoms with E-state index in [1.54, 1.807) is 0 Å². The van der Waals surface area contributed by atoms with Gasteiger partial charge in [-0.2, -0.15) is 0 Å². The monoisotopic (exact) mass is 430 g/mol. The Hall–Kier alpha value is -4.05. The van der Waals surface area contributed by atoms with E-state index in [4.69, 9.17) is 4.74 Å². The average molecular weight is 431 g/mol. The highest BCUT2D eigenvalue weighted by atomic mass is 16.5. The van der Waals surface area contributed by atoms with Crippen LogP contribution < -0.4 is 4.74 Å². The van der Waals surface area contributed by atoms with E-state index < -0.39 is 11.6 Å². The Bertz CT molecular complexity index is 1540. The van der Waals surface area contributed by atoms with Crippen LogP contribution in [0.15, 0.2) is 97.1 Å². The van der Waals surface area contributed by atoms with E-state index in [-0.39, 0.29) is 5.91 Å². The molecule has 1 saturated heterocycles. The molecule has 0 unspecified atom stereocenters. The van der Waals surface area contributed by atoms with Crippen LogP contribution in [0.4, 0.5) is 0 Å². The molecule has 1 amide bonds. The van der Waals surface area contributed by atoms with Gasteiger partial charge in [0.1, 0.15) is 5.75 Å². The third kappa shape index (κ3) is 2.43. The zero-order valence-electron chi connectivity index (χ0n) is 18.0. The van der Waals surface area contributed by atoms with E-state index >= 15 is 0 Å². The molecule has 2 aliphatic rings. The van der Waals surface area contributed by atoms with Crippen LogP contribution in [0.5, 0.6) is 5.75 Å². The summed E-state index contributed by atoms with van der Waals surface area (Å²) in [5.74, 6) is 0.751. The van der Waals surface area contributed by atoms with E-state index in [2.05, 4.69) is 53.5 Å². The van der Waals surface area contributed by atoms with Gasteiger partial charge in [0.15, 0.2) is 5.54 Å². The van der Waals surface area contributed by atoms with Crippen LogP contribution in [0.1, 0.15) is 16.8 Å². The summed E-state index contributed by atoms with van der Waals surface area (Å²) >= 11 is 0. The van der Waals surface area contributed by atoms with Gasteiger partial charge in [-0.15, -0.1) is 0 Å². The number of carbonyl (C=O) groups is 1. The van der Waals surface area contributed by atoms with Crippen molar-refractivity contribution in [2.75, 3.05) is 6.54 Å². The Morgan fingerprint density at radius 1 is 0.848 bits per heavy atom. The Balaban J connectivity index is 1.42. The number of aromatic nitrogens is 1. The predicted octanol–water partition coefficient (Wildman–Crippen LogP) is 5.41. The number of rotatable bonds is 3. The summed E-state index contributed by atoms with van der Waals surface area (Å²) in [5.41, 5.74) is 3.86. The average Bonchev–Trinajstić information content (AvgIpc) is 3.25. The Kier molecular flexibility index (Phi) is 3.77. The number of ether oxygens (including phenoxy) is 1. The van der Waals surface area contributed by atoms with Crippen molar-refractivity contribution in [1.82, 2.24) is 9.88 Å². The molecule has 4 aromatic carbocycles. The van der Waals surface area contributed by atoms with E-state index in [0.717, 1.165) is 34.0 Å². The molecule has 160 valence electrons. The minimum atomic E-state index is -0.670. The van der Waals surface area contributed by atoms with E-state index in [1.807, 2.05) is 53.4 Å². The Morgan fingerprint density at radius 3 is 2.48 bits per heavy atom. The molecule has 0 spiro atoms. The highest BCUT2D eigenvalue weighted by Crippen LogP contribution is 2.53. The second-order valence-corrected chi connectivity index (χ2v) is 8.90. The van der Waals surface area contributed by atoms with Gasteiger partial charge in [0.25, 0.3) is 5.91 Å². The standard InChI is InChI=1S/C29H22N2O2/c32-28-27(33-22-15-14-19-8-4-5-9-20(19)18-22)29(21-10-2-1-3-11-21)26-24(16-17-31(28)29)23-12-6-7-13-25(23)30-26/h1-15,18,27,30H,16-17H2/t27-,29+/m1/s1. The van der Waals surface area contributed by atoms with Crippen molar-refractivity contribution in [2.24, 2.45) is 0 Å². The maximum absolute atomic E-state index is 13.5. The quantitative estimate of drug-likeness (QED) is 0.389. The van der Waals surface area contributed by atoms with Crippen LogP contribution >= 0.6 is 0 Å². The van der Waals surface area contributed by atoms with Crippen LogP contribution in [0.2, 0.25) is 0 Å². The maximum Gasteiger partial charge on any atom is 0.268 e. The summed E-state index contributed by atoms with van der Waals surface area (Å²) in [7, 11) is 0. The second-order valence-electron chi connectivity index (χ2n) is 8.90. The first-order chi connectivity index (χ1) is 16.3. The van der Waals surface area contributed by atoms with Gasteiger partial charge in [-0.1, -0.05) is 78.9 Å². The predicted molar refractivity (Wildman–Crippen MR) is 129 cm³/mol. The van der Waals surface area contributed by atoms with E-state index in [9.17, 15) is 4.79 Å². The number of benzene rings is 4. The topological polar surface area (TPSA) is 45.3 Å². The number of β-lactam (4-membered cyclic amide) rings is 1. The number of nitrogens with one attached hydrogen (secondary N) is 1. The lowest BCUT2D eigenvalue weighted by Crippen LogP contribution is -2.76. The number of nitrogens with zero attached hydrogens (tertiary/aromatic N) is 1. The molecule has 2 atom stereocenters. The van der Waals surface area contributed by atoms with Gasteiger partial charge < -0.3 is 14.6 Å². The minimum Gasteiger partial charge on any atom is -0.477 e. The highest BCUT2D eigenvalue weighted by Gasteiger charge is 2.66. The minimum absolute atomic E-state index is 0.0383. The van der Waals surface area contributed by atoms with Crippen molar-refractivity contribution in [3.8, 4) is 5.75 Å². The highest BCUT2D eigenvalue weighted by molar-refractivity contribution is 5.96. The van der Waals surface area contributed by atoms with Gasteiger partial charge in [-0.25, -0.2) is 0 Å². The first kappa shape index (κ1) is 18.5. The lowest BCUT2D eigenvalue weighted by Gasteiger charge is -2.58. The van der Waals surface area contributed by atoms with Crippen molar-refractivity contribution in [3.05, 3.63) is 114 Å². The molecule has 0 bridgehead atoms. The zero-order valence-corrected chi connectivity index (χ0v) is 18.0. The van der Waals surface area contributed by atoms with Crippen LogP contribution in [0, 0.1) is 0 Å². The number of para-hydroxylation sites is 1. The Labute approximate surface area is 191 Å². The molecule has 1 fully saturated rings. The number of fused-ring (bicyclic) bond motifs is 6. The smallest absolute Gasteiger partial charge is 0.268 e. The lowest BCUT2D eigenvalue weighted by molar-refractivity contribution is -0.178. The molecule has 0 saturated carbocycles. The summed E-state index contributed by atoms with van der Waals surface area (Å²) in [6.45, 7) is 0.681. The summed E-state index contributed by atoms with van der Waals surface area (Å²) < 4.78 is 6.54. The number of carbonyl (C=O) groups excluding carboxylic acids is 1. The number of hydrogen-bond donors (Lipinski definition) is 1. The fourth-order valence-corrected chi connectivity index (χ4v) is 5.79. The molecule has 4 nitrogen and oxygen atoms in total. The Morgan fingerprint density at radius 2 is 1.61 bits per heavy atom. The first-order valence-corrected chi connectivity index (χ1v) is 11.4. The molecule has 1 N–H and O–H groups in total. The molecule has 0 aliphatic carbocycles. The normalized spacial score (nSPS) is 21.5. The van der Waals surface area contributed by atoms with Crippen molar-refractivity contribution < 1.29 is 9.53 Å². The lowest BCUT2D eigenvalue weighted by atomic mass is 9.68. The maximum atomic E-state index is 13.5. The second kappa shape index (κ2) is 6.72. The molecule has 0 radical (unpaired) electrons.